The standard InChI is InChI=1S/C7H13N3OS/c1-5(4-6(2)11)9-10-7(12)8-3/h4H2,1-3H3,(H2,8,10,12)/b9-5-. The van der Waals surface area contributed by atoms with Gasteiger partial charge in [-0.15, -0.1) is 0 Å². The Morgan fingerprint density at radius 3 is 2.50 bits per heavy atom. The van der Waals surface area contributed by atoms with Crippen LogP contribution in [0.4, 0.5) is 0 Å². The van der Waals surface area contributed by atoms with E-state index in [0.717, 1.165) is 5.71 Å². The van der Waals surface area contributed by atoms with Crippen molar-refractivity contribution in [2.45, 2.75) is 20.3 Å². The minimum absolute atomic E-state index is 0.0911. The van der Waals surface area contributed by atoms with Crippen molar-refractivity contribution in [3.05, 3.63) is 0 Å². The summed E-state index contributed by atoms with van der Waals surface area (Å²) in [5, 5.41) is 7.02. The molecular weight excluding hydrogens is 174 g/mol. The van der Waals surface area contributed by atoms with Crippen LogP contribution in [0.5, 0.6) is 0 Å². The molecular formula is C7H13N3OS. The van der Waals surface area contributed by atoms with E-state index in [1.54, 1.807) is 14.0 Å². The molecule has 0 aromatic rings. The third kappa shape index (κ3) is 5.79. The lowest BCUT2D eigenvalue weighted by atomic mass is 10.2. The number of thiocarbonyl (C=S) groups is 1. The van der Waals surface area contributed by atoms with Crippen LogP contribution in [0.1, 0.15) is 20.3 Å². The van der Waals surface area contributed by atoms with E-state index < -0.39 is 0 Å². The van der Waals surface area contributed by atoms with Gasteiger partial charge in [0.15, 0.2) is 5.11 Å². The summed E-state index contributed by atoms with van der Waals surface area (Å²) in [4.78, 5) is 10.6. The van der Waals surface area contributed by atoms with Crippen molar-refractivity contribution in [1.82, 2.24) is 10.7 Å². The van der Waals surface area contributed by atoms with Crippen molar-refractivity contribution in [2.24, 2.45) is 5.10 Å². The third-order valence-corrected chi connectivity index (χ3v) is 1.38. The fourth-order valence-electron chi connectivity index (χ4n) is 0.602. The Labute approximate surface area is 77.4 Å². The van der Waals surface area contributed by atoms with Gasteiger partial charge in [-0.3, -0.25) is 10.2 Å². The van der Waals surface area contributed by atoms with E-state index in [9.17, 15) is 4.79 Å². The quantitative estimate of drug-likeness (QED) is 0.382. The maximum atomic E-state index is 10.6. The van der Waals surface area contributed by atoms with E-state index in [4.69, 9.17) is 12.2 Å². The Kier molecular flexibility index (Phi) is 5.19. The molecule has 0 aromatic heterocycles. The van der Waals surface area contributed by atoms with Crippen molar-refractivity contribution in [3.8, 4) is 0 Å². The van der Waals surface area contributed by atoms with Crippen LogP contribution in [-0.2, 0) is 4.79 Å². The fourth-order valence-corrected chi connectivity index (χ4v) is 0.648. The highest BCUT2D eigenvalue weighted by molar-refractivity contribution is 7.80. The molecule has 0 fully saturated rings. The van der Waals surface area contributed by atoms with Crippen molar-refractivity contribution in [1.29, 1.82) is 0 Å². The molecule has 0 aliphatic carbocycles. The number of rotatable bonds is 3. The lowest BCUT2D eigenvalue weighted by molar-refractivity contribution is -0.115. The third-order valence-electron chi connectivity index (χ3n) is 1.08. The molecule has 0 aromatic carbocycles. The molecule has 0 saturated carbocycles. The second-order valence-corrected chi connectivity index (χ2v) is 2.83. The average molecular weight is 187 g/mol. The number of hydrazone groups is 1. The Balaban J connectivity index is 3.84. The zero-order valence-electron chi connectivity index (χ0n) is 7.47. The van der Waals surface area contributed by atoms with Crippen LogP contribution in [-0.4, -0.2) is 23.7 Å². The average Bonchev–Trinajstić information content (AvgIpc) is 1.99. The van der Waals surface area contributed by atoms with Gasteiger partial charge in [0.2, 0.25) is 0 Å². The molecule has 0 radical (unpaired) electrons. The molecule has 0 unspecified atom stereocenters. The van der Waals surface area contributed by atoms with Gasteiger partial charge >= 0.3 is 0 Å². The van der Waals surface area contributed by atoms with Crippen LogP contribution in [0.3, 0.4) is 0 Å². The van der Waals surface area contributed by atoms with Gasteiger partial charge in [0, 0.05) is 19.2 Å². The second-order valence-electron chi connectivity index (χ2n) is 2.42. The molecule has 0 bridgehead atoms. The highest BCUT2D eigenvalue weighted by Gasteiger charge is 1.96. The Hall–Kier alpha value is -0.970. The lowest BCUT2D eigenvalue weighted by Gasteiger charge is -2.01. The van der Waals surface area contributed by atoms with Crippen molar-refractivity contribution in [2.75, 3.05) is 7.05 Å². The monoisotopic (exact) mass is 187 g/mol. The van der Waals surface area contributed by atoms with Gasteiger partial charge in [0.05, 0.1) is 0 Å². The van der Waals surface area contributed by atoms with Gasteiger partial charge < -0.3 is 5.32 Å². The number of ketones is 1. The van der Waals surface area contributed by atoms with E-state index in [1.807, 2.05) is 0 Å². The summed E-state index contributed by atoms with van der Waals surface area (Å²) in [6, 6.07) is 0. The molecule has 2 N–H and O–H groups in total. The highest BCUT2D eigenvalue weighted by atomic mass is 32.1. The molecule has 68 valence electrons. The van der Waals surface area contributed by atoms with Crippen molar-refractivity contribution >= 4 is 28.8 Å². The number of Topliss-reactive ketones (excluding diaryl/α,β-unsaturated/α-hetero) is 1. The summed E-state index contributed by atoms with van der Waals surface area (Å²) in [5.41, 5.74) is 3.32. The molecule has 0 spiro atoms. The first-order chi connectivity index (χ1) is 5.56. The van der Waals surface area contributed by atoms with Crippen molar-refractivity contribution < 1.29 is 4.79 Å². The summed E-state index contributed by atoms with van der Waals surface area (Å²) in [6.07, 6.45) is 0.360. The van der Waals surface area contributed by atoms with Gasteiger partial charge in [0.1, 0.15) is 5.78 Å². The normalized spacial score (nSPS) is 10.8. The maximum absolute atomic E-state index is 10.6. The zero-order valence-corrected chi connectivity index (χ0v) is 8.29. The van der Waals surface area contributed by atoms with Gasteiger partial charge in [-0.05, 0) is 26.1 Å². The summed E-state index contributed by atoms with van der Waals surface area (Å²) in [6.45, 7) is 3.29. The maximum Gasteiger partial charge on any atom is 0.186 e. The van der Waals surface area contributed by atoms with E-state index in [0.29, 0.717) is 11.5 Å². The number of nitrogens with one attached hydrogen (secondary N) is 2. The van der Waals surface area contributed by atoms with Crippen LogP contribution in [0.2, 0.25) is 0 Å². The molecule has 0 rings (SSSR count). The summed E-state index contributed by atoms with van der Waals surface area (Å²) in [7, 11) is 1.70. The van der Waals surface area contributed by atoms with Crippen LogP contribution in [0.15, 0.2) is 5.10 Å². The molecule has 0 heterocycles. The molecule has 0 atom stereocenters. The minimum Gasteiger partial charge on any atom is -0.364 e. The van der Waals surface area contributed by atoms with Crippen LogP contribution < -0.4 is 10.7 Å². The molecule has 0 aliphatic heterocycles. The zero-order chi connectivity index (χ0) is 9.56. The van der Waals surface area contributed by atoms with E-state index in [1.165, 1.54) is 6.92 Å². The molecule has 0 amide bonds. The Bertz CT molecular complexity index is 213. The Morgan fingerprint density at radius 1 is 1.50 bits per heavy atom. The number of carbonyl (C=O) groups is 1. The smallest absolute Gasteiger partial charge is 0.186 e. The summed E-state index contributed by atoms with van der Waals surface area (Å²) in [5.74, 6) is 0.0911. The van der Waals surface area contributed by atoms with Crippen LogP contribution in [0.25, 0.3) is 0 Å². The van der Waals surface area contributed by atoms with E-state index in [2.05, 4.69) is 15.8 Å². The highest BCUT2D eigenvalue weighted by Crippen LogP contribution is 1.85. The van der Waals surface area contributed by atoms with Crippen LogP contribution in [0, 0.1) is 0 Å². The first-order valence-corrected chi connectivity index (χ1v) is 3.97. The number of carbonyl (C=O) groups excluding carboxylic acids is 1. The molecule has 0 saturated heterocycles. The second kappa shape index (κ2) is 5.65. The van der Waals surface area contributed by atoms with Gasteiger partial charge in [-0.25, -0.2) is 0 Å². The van der Waals surface area contributed by atoms with E-state index in [-0.39, 0.29) is 5.78 Å². The van der Waals surface area contributed by atoms with Gasteiger partial charge in [-0.1, -0.05) is 0 Å². The first-order valence-electron chi connectivity index (χ1n) is 3.56. The number of hydrogen-bond acceptors (Lipinski definition) is 3. The molecule has 5 heteroatoms. The largest absolute Gasteiger partial charge is 0.364 e. The predicted octanol–water partition coefficient (Wildman–Crippen LogP) is 0.435. The topological polar surface area (TPSA) is 53.5 Å². The Morgan fingerprint density at radius 2 is 2.08 bits per heavy atom. The van der Waals surface area contributed by atoms with Crippen LogP contribution >= 0.6 is 12.2 Å². The van der Waals surface area contributed by atoms with Crippen molar-refractivity contribution in [3.63, 3.8) is 0 Å². The van der Waals surface area contributed by atoms with E-state index >= 15 is 0 Å². The molecule has 12 heavy (non-hydrogen) atoms. The lowest BCUT2D eigenvalue weighted by Crippen LogP contribution is -2.29. The molecule has 0 aliphatic rings. The fraction of sp³-hybridized carbons (Fsp3) is 0.571. The number of nitrogens with zero attached hydrogens (tertiary/aromatic N) is 1. The van der Waals surface area contributed by atoms with Gasteiger partial charge in [-0.2, -0.15) is 5.10 Å². The summed E-state index contributed by atoms with van der Waals surface area (Å²) < 4.78 is 0. The number of hydrogen-bond donors (Lipinski definition) is 2. The molecule has 4 nitrogen and oxygen atoms in total. The minimum atomic E-state index is 0.0911. The SMILES string of the molecule is CNC(=S)N/N=C(/C)CC(C)=O. The predicted molar refractivity (Wildman–Crippen MR) is 53.2 cm³/mol. The summed E-state index contributed by atoms with van der Waals surface area (Å²) >= 11 is 4.77. The first kappa shape index (κ1) is 11.0. The van der Waals surface area contributed by atoms with Gasteiger partial charge in [0.25, 0.3) is 0 Å².